The summed E-state index contributed by atoms with van der Waals surface area (Å²) in [4.78, 5) is 15.1. The Labute approximate surface area is 120 Å². The molecule has 5 nitrogen and oxygen atoms in total. The van der Waals surface area contributed by atoms with Crippen molar-refractivity contribution in [2.45, 2.75) is 51.4 Å². The molecule has 0 bridgehead atoms. The molecule has 0 aromatic carbocycles. The van der Waals surface area contributed by atoms with Gasteiger partial charge in [-0.25, -0.2) is 0 Å². The number of carbonyl (C=O) groups is 1. The van der Waals surface area contributed by atoms with Crippen molar-refractivity contribution in [1.29, 1.82) is 0 Å². The molecule has 1 amide bonds. The third-order valence-electron chi connectivity index (χ3n) is 5.10. The SMILES string of the molecule is NC(=NO)C1(C(=O)N(CC2CC2)CC2CC2)CCCC1. The van der Waals surface area contributed by atoms with Crippen LogP contribution in [0, 0.1) is 17.3 Å². The second kappa shape index (κ2) is 5.26. The number of carbonyl (C=O) groups excluding carboxylic acids is 1. The molecule has 0 unspecified atom stereocenters. The minimum absolute atomic E-state index is 0.115. The Kier molecular flexibility index (Phi) is 3.61. The first-order valence-electron chi connectivity index (χ1n) is 7.93. The van der Waals surface area contributed by atoms with Crippen LogP contribution in [0.2, 0.25) is 0 Å². The van der Waals surface area contributed by atoms with Gasteiger partial charge in [0, 0.05) is 13.1 Å². The van der Waals surface area contributed by atoms with E-state index in [1.54, 1.807) is 0 Å². The zero-order chi connectivity index (χ0) is 14.2. The Bertz CT molecular complexity index is 393. The summed E-state index contributed by atoms with van der Waals surface area (Å²) in [5.41, 5.74) is 5.17. The first-order chi connectivity index (χ1) is 9.65. The smallest absolute Gasteiger partial charge is 0.236 e. The van der Waals surface area contributed by atoms with Crippen LogP contribution in [-0.2, 0) is 4.79 Å². The van der Waals surface area contributed by atoms with Crippen LogP contribution in [0.25, 0.3) is 0 Å². The molecule has 3 saturated carbocycles. The molecule has 0 saturated heterocycles. The van der Waals surface area contributed by atoms with Gasteiger partial charge in [0.2, 0.25) is 5.91 Å². The number of amides is 1. The zero-order valence-electron chi connectivity index (χ0n) is 12.1. The summed E-state index contributed by atoms with van der Waals surface area (Å²) >= 11 is 0. The zero-order valence-corrected chi connectivity index (χ0v) is 12.1. The predicted molar refractivity (Wildman–Crippen MR) is 76.3 cm³/mol. The lowest BCUT2D eigenvalue weighted by atomic mass is 9.83. The molecule has 3 fully saturated rings. The van der Waals surface area contributed by atoms with E-state index in [-0.39, 0.29) is 11.7 Å². The van der Waals surface area contributed by atoms with Crippen molar-refractivity contribution in [1.82, 2.24) is 4.90 Å². The van der Waals surface area contributed by atoms with E-state index in [0.29, 0.717) is 11.8 Å². The molecule has 0 atom stereocenters. The van der Waals surface area contributed by atoms with Crippen molar-refractivity contribution in [3.8, 4) is 0 Å². The second-order valence-electron chi connectivity index (χ2n) is 6.87. The van der Waals surface area contributed by atoms with Gasteiger partial charge in [0.25, 0.3) is 0 Å². The lowest BCUT2D eigenvalue weighted by Crippen LogP contribution is -2.51. The van der Waals surface area contributed by atoms with Gasteiger partial charge in [-0.1, -0.05) is 18.0 Å². The predicted octanol–water partition coefficient (Wildman–Crippen LogP) is 1.94. The summed E-state index contributed by atoms with van der Waals surface area (Å²) in [6, 6.07) is 0. The second-order valence-corrected chi connectivity index (χ2v) is 6.87. The molecular formula is C15H25N3O2. The van der Waals surface area contributed by atoms with E-state index in [1.807, 2.05) is 4.90 Å². The number of rotatable bonds is 6. The highest BCUT2D eigenvalue weighted by Gasteiger charge is 2.48. The number of hydrogen-bond donors (Lipinski definition) is 2. The van der Waals surface area contributed by atoms with Gasteiger partial charge in [0.05, 0.1) is 0 Å². The molecule has 3 aliphatic rings. The maximum Gasteiger partial charge on any atom is 0.236 e. The molecule has 3 aliphatic carbocycles. The number of hydrogen-bond acceptors (Lipinski definition) is 3. The first-order valence-corrected chi connectivity index (χ1v) is 7.93. The van der Waals surface area contributed by atoms with E-state index in [0.717, 1.165) is 38.8 Å². The molecule has 0 aromatic rings. The summed E-state index contributed by atoms with van der Waals surface area (Å²) in [5, 5.41) is 12.3. The highest BCUT2D eigenvalue weighted by atomic mass is 16.4. The molecule has 0 heterocycles. The van der Waals surface area contributed by atoms with E-state index < -0.39 is 5.41 Å². The van der Waals surface area contributed by atoms with Crippen molar-refractivity contribution >= 4 is 11.7 Å². The van der Waals surface area contributed by atoms with E-state index in [1.165, 1.54) is 25.7 Å². The standard InChI is InChI=1S/C15H25N3O2/c16-13(17-20)15(7-1-2-8-15)14(19)18(9-11-3-4-11)10-12-5-6-12/h11-12,20H,1-10H2,(H2,16,17). The summed E-state index contributed by atoms with van der Waals surface area (Å²) in [5.74, 6) is 1.60. The third-order valence-corrected chi connectivity index (χ3v) is 5.10. The molecular weight excluding hydrogens is 254 g/mol. The molecule has 3 N–H and O–H groups in total. The molecule has 3 rings (SSSR count). The van der Waals surface area contributed by atoms with Crippen molar-refractivity contribution < 1.29 is 10.0 Å². The third kappa shape index (κ3) is 2.63. The van der Waals surface area contributed by atoms with Gasteiger partial charge < -0.3 is 15.8 Å². The fourth-order valence-electron chi connectivity index (χ4n) is 3.42. The van der Waals surface area contributed by atoms with Gasteiger partial charge in [-0.05, 0) is 50.4 Å². The summed E-state index contributed by atoms with van der Waals surface area (Å²) in [6.07, 6.45) is 8.40. The Morgan fingerprint density at radius 3 is 2.05 bits per heavy atom. The first kappa shape index (κ1) is 13.7. The molecule has 0 radical (unpaired) electrons. The largest absolute Gasteiger partial charge is 0.409 e. The fraction of sp³-hybridized carbons (Fsp3) is 0.867. The highest BCUT2D eigenvalue weighted by Crippen LogP contribution is 2.42. The van der Waals surface area contributed by atoms with Crippen molar-refractivity contribution in [3.05, 3.63) is 0 Å². The monoisotopic (exact) mass is 279 g/mol. The summed E-state index contributed by atoms with van der Waals surface area (Å²) in [6.45, 7) is 1.74. The number of nitrogens with two attached hydrogens (primary N) is 1. The summed E-state index contributed by atoms with van der Waals surface area (Å²) < 4.78 is 0. The number of amidine groups is 1. The molecule has 112 valence electrons. The van der Waals surface area contributed by atoms with Crippen molar-refractivity contribution in [2.24, 2.45) is 28.1 Å². The van der Waals surface area contributed by atoms with Gasteiger partial charge in [-0.3, -0.25) is 4.79 Å². The van der Waals surface area contributed by atoms with Gasteiger partial charge in [-0.15, -0.1) is 0 Å². The van der Waals surface area contributed by atoms with Crippen LogP contribution in [0.4, 0.5) is 0 Å². The lowest BCUT2D eigenvalue weighted by molar-refractivity contribution is -0.138. The van der Waals surface area contributed by atoms with Crippen LogP contribution >= 0.6 is 0 Å². The summed E-state index contributed by atoms with van der Waals surface area (Å²) in [7, 11) is 0. The van der Waals surface area contributed by atoms with Gasteiger partial charge in [0.15, 0.2) is 5.84 Å². The van der Waals surface area contributed by atoms with E-state index >= 15 is 0 Å². The minimum atomic E-state index is -0.724. The van der Waals surface area contributed by atoms with Crippen molar-refractivity contribution in [3.63, 3.8) is 0 Å². The minimum Gasteiger partial charge on any atom is -0.409 e. The van der Waals surface area contributed by atoms with Crippen molar-refractivity contribution in [2.75, 3.05) is 13.1 Å². The molecule has 5 heteroatoms. The fourth-order valence-corrected chi connectivity index (χ4v) is 3.42. The van der Waals surface area contributed by atoms with Gasteiger partial charge in [0.1, 0.15) is 5.41 Å². The van der Waals surface area contributed by atoms with Crippen LogP contribution < -0.4 is 5.73 Å². The van der Waals surface area contributed by atoms with Crippen LogP contribution in [0.1, 0.15) is 51.4 Å². The lowest BCUT2D eigenvalue weighted by Gasteiger charge is -2.33. The average Bonchev–Trinajstić information content (AvgIpc) is 3.38. The Balaban J connectivity index is 1.77. The maximum absolute atomic E-state index is 13.0. The molecule has 20 heavy (non-hydrogen) atoms. The molecule has 0 aromatic heterocycles. The Morgan fingerprint density at radius 2 is 1.65 bits per heavy atom. The van der Waals surface area contributed by atoms with Gasteiger partial charge in [-0.2, -0.15) is 0 Å². The number of nitrogens with zero attached hydrogens (tertiary/aromatic N) is 2. The van der Waals surface area contributed by atoms with Crippen LogP contribution in [-0.4, -0.2) is 34.9 Å². The Hall–Kier alpha value is -1.26. The van der Waals surface area contributed by atoms with E-state index in [4.69, 9.17) is 10.9 Å². The quantitative estimate of drug-likeness (QED) is 0.337. The maximum atomic E-state index is 13.0. The van der Waals surface area contributed by atoms with Crippen LogP contribution in [0.3, 0.4) is 0 Å². The Morgan fingerprint density at radius 1 is 1.15 bits per heavy atom. The van der Waals surface area contributed by atoms with Crippen LogP contribution in [0.5, 0.6) is 0 Å². The molecule has 0 spiro atoms. The van der Waals surface area contributed by atoms with Gasteiger partial charge >= 0.3 is 0 Å². The normalized spacial score (nSPS) is 25.7. The molecule has 0 aliphatic heterocycles. The van der Waals surface area contributed by atoms with E-state index in [2.05, 4.69) is 5.16 Å². The average molecular weight is 279 g/mol. The van der Waals surface area contributed by atoms with Crippen LogP contribution in [0.15, 0.2) is 5.16 Å². The number of oxime groups is 1. The topological polar surface area (TPSA) is 78.9 Å². The van der Waals surface area contributed by atoms with E-state index in [9.17, 15) is 4.79 Å². The highest BCUT2D eigenvalue weighted by molar-refractivity contribution is 6.07.